The average molecular weight is 358 g/mol. The lowest BCUT2D eigenvalue weighted by atomic mass is 10.1. The van der Waals surface area contributed by atoms with E-state index in [0.29, 0.717) is 29.7 Å². The van der Waals surface area contributed by atoms with Crippen molar-refractivity contribution < 1.29 is 9.47 Å². The Morgan fingerprint density at radius 3 is 2.68 bits per heavy atom. The van der Waals surface area contributed by atoms with E-state index in [4.69, 9.17) is 9.47 Å². The predicted octanol–water partition coefficient (Wildman–Crippen LogP) is 2.57. The van der Waals surface area contributed by atoms with Crippen molar-refractivity contribution in [3.05, 3.63) is 51.6 Å². The lowest BCUT2D eigenvalue weighted by Gasteiger charge is -2.10. The fourth-order valence-corrected chi connectivity index (χ4v) is 3.06. The summed E-state index contributed by atoms with van der Waals surface area (Å²) in [5.41, 5.74) is 1.15. The molecule has 0 saturated heterocycles. The summed E-state index contributed by atoms with van der Waals surface area (Å²) in [7, 11) is 3.21. The molecular weight excluding hydrogens is 340 g/mol. The number of hydrogen-bond acceptors (Lipinski definition) is 7. The van der Waals surface area contributed by atoms with E-state index < -0.39 is 0 Å². The van der Waals surface area contributed by atoms with E-state index in [-0.39, 0.29) is 5.56 Å². The number of nitrogens with one attached hydrogen (secondary N) is 2. The van der Waals surface area contributed by atoms with Gasteiger partial charge in [-0.25, -0.2) is 0 Å². The van der Waals surface area contributed by atoms with Gasteiger partial charge >= 0.3 is 0 Å². The predicted molar refractivity (Wildman–Crippen MR) is 97.7 cm³/mol. The maximum atomic E-state index is 12.1. The standard InChI is InChI=1S/C17H18N4O3S/c1-23-12-6-5-11(10-13(12)24-2)7-8-18-17-19-16(22)15(20-21-17)14-4-3-9-25-14/h3-6,9-10H,7-8H2,1-2H3,(H2,18,19,21,22). The fraction of sp³-hybridized carbons (Fsp3) is 0.235. The molecule has 0 bridgehead atoms. The Kier molecular flexibility index (Phi) is 5.30. The van der Waals surface area contributed by atoms with Crippen LogP contribution in [0.5, 0.6) is 11.5 Å². The van der Waals surface area contributed by atoms with Gasteiger partial charge in [0.2, 0.25) is 5.95 Å². The van der Waals surface area contributed by atoms with Crippen LogP contribution in [-0.2, 0) is 6.42 Å². The number of anilines is 1. The minimum atomic E-state index is -0.258. The maximum Gasteiger partial charge on any atom is 0.279 e. The number of rotatable bonds is 7. The first-order valence-corrected chi connectivity index (χ1v) is 8.55. The van der Waals surface area contributed by atoms with Crippen molar-refractivity contribution in [2.24, 2.45) is 0 Å². The Bertz CT molecular complexity index is 893. The molecule has 0 unspecified atom stereocenters. The Morgan fingerprint density at radius 1 is 1.16 bits per heavy atom. The summed E-state index contributed by atoms with van der Waals surface area (Å²) in [6.07, 6.45) is 0.733. The Labute approximate surface area is 148 Å². The van der Waals surface area contributed by atoms with Gasteiger partial charge in [-0.15, -0.1) is 21.5 Å². The van der Waals surface area contributed by atoms with Crippen LogP contribution in [0.4, 0.5) is 5.95 Å². The second-order valence-corrected chi connectivity index (χ2v) is 6.14. The quantitative estimate of drug-likeness (QED) is 0.675. The van der Waals surface area contributed by atoms with E-state index in [0.717, 1.165) is 16.9 Å². The Morgan fingerprint density at radius 2 is 2.00 bits per heavy atom. The number of nitrogens with zero attached hydrogens (tertiary/aromatic N) is 2. The molecule has 2 aromatic heterocycles. The van der Waals surface area contributed by atoms with Crippen LogP contribution < -0.4 is 20.3 Å². The average Bonchev–Trinajstić information content (AvgIpc) is 3.16. The van der Waals surface area contributed by atoms with E-state index in [2.05, 4.69) is 20.5 Å². The molecule has 7 nitrogen and oxygen atoms in total. The van der Waals surface area contributed by atoms with Crippen LogP contribution in [0, 0.1) is 0 Å². The van der Waals surface area contributed by atoms with Crippen LogP contribution >= 0.6 is 11.3 Å². The smallest absolute Gasteiger partial charge is 0.279 e. The lowest BCUT2D eigenvalue weighted by molar-refractivity contribution is 0.354. The van der Waals surface area contributed by atoms with Gasteiger partial charge in [0.1, 0.15) is 0 Å². The van der Waals surface area contributed by atoms with E-state index >= 15 is 0 Å². The van der Waals surface area contributed by atoms with Gasteiger partial charge in [0, 0.05) is 6.54 Å². The molecule has 3 rings (SSSR count). The number of H-pyrrole nitrogens is 1. The fourth-order valence-electron chi connectivity index (χ4n) is 2.35. The number of benzene rings is 1. The molecule has 0 amide bonds. The number of aromatic amines is 1. The first-order chi connectivity index (χ1) is 12.2. The van der Waals surface area contributed by atoms with E-state index in [1.54, 1.807) is 14.2 Å². The summed E-state index contributed by atoms with van der Waals surface area (Å²) in [5.74, 6) is 1.73. The third-order valence-corrected chi connectivity index (χ3v) is 4.48. The summed E-state index contributed by atoms with van der Waals surface area (Å²) < 4.78 is 10.5. The molecule has 1 aromatic carbocycles. The third kappa shape index (κ3) is 3.97. The van der Waals surface area contributed by atoms with Gasteiger partial charge in [-0.1, -0.05) is 12.1 Å². The molecule has 0 atom stereocenters. The van der Waals surface area contributed by atoms with E-state index in [9.17, 15) is 4.79 Å². The number of ether oxygens (including phenoxy) is 2. The highest BCUT2D eigenvalue weighted by atomic mass is 32.1. The molecule has 3 aromatic rings. The molecule has 0 fully saturated rings. The van der Waals surface area contributed by atoms with Crippen LogP contribution in [0.1, 0.15) is 5.56 Å². The molecule has 2 heterocycles. The largest absolute Gasteiger partial charge is 0.493 e. The monoisotopic (exact) mass is 358 g/mol. The zero-order valence-corrected chi connectivity index (χ0v) is 14.7. The van der Waals surface area contributed by atoms with Crippen LogP contribution in [0.2, 0.25) is 0 Å². The number of methoxy groups -OCH3 is 2. The van der Waals surface area contributed by atoms with Gasteiger partial charge in [0.15, 0.2) is 17.2 Å². The zero-order chi connectivity index (χ0) is 17.6. The molecule has 130 valence electrons. The molecule has 2 N–H and O–H groups in total. The highest BCUT2D eigenvalue weighted by Crippen LogP contribution is 2.27. The summed E-state index contributed by atoms with van der Waals surface area (Å²) in [5, 5.41) is 13.0. The molecule has 0 aliphatic carbocycles. The zero-order valence-electron chi connectivity index (χ0n) is 13.9. The summed E-state index contributed by atoms with van der Waals surface area (Å²) in [4.78, 5) is 15.6. The minimum absolute atomic E-state index is 0.258. The highest BCUT2D eigenvalue weighted by molar-refractivity contribution is 7.13. The van der Waals surface area contributed by atoms with Crippen molar-refractivity contribution in [3.8, 4) is 22.1 Å². The van der Waals surface area contributed by atoms with Crippen LogP contribution in [0.15, 0.2) is 40.5 Å². The second-order valence-electron chi connectivity index (χ2n) is 5.19. The summed E-state index contributed by atoms with van der Waals surface area (Å²) >= 11 is 1.45. The van der Waals surface area contributed by atoms with Crippen molar-refractivity contribution in [1.29, 1.82) is 0 Å². The van der Waals surface area contributed by atoms with Crippen molar-refractivity contribution >= 4 is 17.3 Å². The molecule has 0 aliphatic heterocycles. The molecular formula is C17H18N4O3S. The van der Waals surface area contributed by atoms with E-state index in [1.807, 2.05) is 35.7 Å². The topological polar surface area (TPSA) is 89.1 Å². The number of aromatic nitrogens is 3. The van der Waals surface area contributed by atoms with Crippen molar-refractivity contribution in [1.82, 2.24) is 15.2 Å². The Balaban J connectivity index is 1.63. The van der Waals surface area contributed by atoms with Gasteiger partial charge < -0.3 is 14.8 Å². The first kappa shape index (κ1) is 17.0. The van der Waals surface area contributed by atoms with Crippen LogP contribution in [0.25, 0.3) is 10.6 Å². The van der Waals surface area contributed by atoms with E-state index in [1.165, 1.54) is 11.3 Å². The molecule has 0 radical (unpaired) electrons. The van der Waals surface area contributed by atoms with Gasteiger partial charge in [-0.05, 0) is 35.6 Å². The summed E-state index contributed by atoms with van der Waals surface area (Å²) in [6, 6.07) is 9.47. The van der Waals surface area contributed by atoms with Crippen molar-refractivity contribution in [2.75, 3.05) is 26.1 Å². The maximum absolute atomic E-state index is 12.1. The molecule has 0 spiro atoms. The number of hydrogen-bond donors (Lipinski definition) is 2. The first-order valence-electron chi connectivity index (χ1n) is 7.67. The van der Waals surface area contributed by atoms with Gasteiger partial charge in [0.05, 0.1) is 19.1 Å². The molecule has 0 aliphatic rings. The molecule has 0 saturated carbocycles. The number of thiophene rings is 1. The van der Waals surface area contributed by atoms with Crippen molar-refractivity contribution in [3.63, 3.8) is 0 Å². The second kappa shape index (κ2) is 7.80. The van der Waals surface area contributed by atoms with Gasteiger partial charge in [-0.2, -0.15) is 0 Å². The molecule has 8 heteroatoms. The van der Waals surface area contributed by atoms with Gasteiger partial charge in [0.25, 0.3) is 5.56 Å². The van der Waals surface area contributed by atoms with Crippen LogP contribution in [-0.4, -0.2) is 35.9 Å². The van der Waals surface area contributed by atoms with Gasteiger partial charge in [-0.3, -0.25) is 9.78 Å². The highest BCUT2D eigenvalue weighted by Gasteiger charge is 2.08. The normalized spacial score (nSPS) is 10.5. The third-order valence-electron chi connectivity index (χ3n) is 3.61. The lowest BCUT2D eigenvalue weighted by Crippen LogP contribution is -2.17. The Hall–Kier alpha value is -2.87. The SMILES string of the molecule is COc1ccc(CCNc2nnc(-c3cccs3)c(=O)[nH]2)cc1OC. The summed E-state index contributed by atoms with van der Waals surface area (Å²) in [6.45, 7) is 0.596. The molecule has 25 heavy (non-hydrogen) atoms. The van der Waals surface area contributed by atoms with Crippen molar-refractivity contribution in [2.45, 2.75) is 6.42 Å². The van der Waals surface area contributed by atoms with Crippen LogP contribution in [0.3, 0.4) is 0 Å². The minimum Gasteiger partial charge on any atom is -0.493 e.